The number of fused-ring (bicyclic) bond motifs is 2. The molecular weight excluding hydrogens is 222 g/mol. The molecule has 1 saturated carbocycles. The zero-order valence-electron chi connectivity index (χ0n) is 8.86. The van der Waals surface area contributed by atoms with E-state index in [1.807, 2.05) is 12.3 Å². The first-order valence-electron chi connectivity index (χ1n) is 5.53. The van der Waals surface area contributed by atoms with E-state index in [0.717, 1.165) is 18.1 Å². The largest absolute Gasteiger partial charge is 0.346 e. The molecule has 2 atom stereocenters. The summed E-state index contributed by atoms with van der Waals surface area (Å²) >= 11 is 0. The first-order valence-corrected chi connectivity index (χ1v) is 5.53. The molecule has 0 bridgehead atoms. The molecule has 2 aliphatic rings. The molecule has 2 aromatic heterocycles. The van der Waals surface area contributed by atoms with Crippen LogP contribution >= 0.6 is 12.4 Å². The zero-order chi connectivity index (χ0) is 9.88. The summed E-state index contributed by atoms with van der Waals surface area (Å²) in [5.74, 6) is 0.858. The molecule has 0 spiro atoms. The van der Waals surface area contributed by atoms with Gasteiger partial charge in [0.15, 0.2) is 0 Å². The van der Waals surface area contributed by atoms with E-state index >= 15 is 0 Å². The maximum atomic E-state index is 4.35. The second-order valence-electron chi connectivity index (χ2n) is 4.79. The highest BCUT2D eigenvalue weighted by Gasteiger charge is 2.58. The van der Waals surface area contributed by atoms with E-state index in [1.54, 1.807) is 0 Å². The van der Waals surface area contributed by atoms with Gasteiger partial charge in [0.1, 0.15) is 5.65 Å². The first-order chi connectivity index (χ1) is 7.40. The second-order valence-corrected chi connectivity index (χ2v) is 4.79. The normalized spacial score (nSPS) is 31.1. The molecule has 4 heteroatoms. The monoisotopic (exact) mass is 235 g/mol. The Hall–Kier alpha value is -1.06. The van der Waals surface area contributed by atoms with Crippen LogP contribution in [0, 0.1) is 5.92 Å². The summed E-state index contributed by atoms with van der Waals surface area (Å²) in [6, 6.07) is 4.20. The van der Waals surface area contributed by atoms with Crippen LogP contribution in [-0.4, -0.2) is 23.1 Å². The van der Waals surface area contributed by atoms with Gasteiger partial charge in [0, 0.05) is 29.7 Å². The Morgan fingerprint density at radius 1 is 1.44 bits per heavy atom. The highest BCUT2D eigenvalue weighted by molar-refractivity contribution is 5.85. The Morgan fingerprint density at radius 2 is 2.38 bits per heavy atom. The quantitative estimate of drug-likeness (QED) is 0.792. The van der Waals surface area contributed by atoms with Crippen LogP contribution in [0.2, 0.25) is 0 Å². The fraction of sp³-hybridized carbons (Fsp3) is 0.417. The molecule has 4 rings (SSSR count). The molecule has 0 aromatic carbocycles. The molecule has 3 nitrogen and oxygen atoms in total. The van der Waals surface area contributed by atoms with E-state index in [4.69, 9.17) is 0 Å². The van der Waals surface area contributed by atoms with E-state index in [2.05, 4.69) is 27.5 Å². The lowest BCUT2D eigenvalue weighted by molar-refractivity contribution is 0.680. The van der Waals surface area contributed by atoms with Crippen molar-refractivity contribution in [2.45, 2.75) is 11.8 Å². The average Bonchev–Trinajstić information content (AvgIpc) is 2.68. The van der Waals surface area contributed by atoms with Crippen LogP contribution in [0.4, 0.5) is 0 Å². The van der Waals surface area contributed by atoms with Gasteiger partial charge in [-0.2, -0.15) is 0 Å². The molecule has 2 N–H and O–H groups in total. The van der Waals surface area contributed by atoms with Gasteiger partial charge >= 0.3 is 0 Å². The van der Waals surface area contributed by atoms with E-state index in [9.17, 15) is 0 Å². The summed E-state index contributed by atoms with van der Waals surface area (Å²) in [5.41, 5.74) is 2.93. The molecule has 1 aliphatic heterocycles. The smallest absolute Gasteiger partial charge is 0.137 e. The summed E-state index contributed by atoms with van der Waals surface area (Å²) in [6.07, 6.45) is 5.35. The minimum Gasteiger partial charge on any atom is -0.346 e. The van der Waals surface area contributed by atoms with E-state index in [-0.39, 0.29) is 12.4 Å². The van der Waals surface area contributed by atoms with Crippen LogP contribution in [0.25, 0.3) is 11.0 Å². The van der Waals surface area contributed by atoms with Gasteiger partial charge in [0.25, 0.3) is 0 Å². The molecule has 3 heterocycles. The predicted molar refractivity (Wildman–Crippen MR) is 66.0 cm³/mol. The number of nitrogens with zero attached hydrogens (tertiary/aromatic N) is 1. The lowest BCUT2D eigenvalue weighted by Crippen LogP contribution is -2.18. The number of piperidine rings is 1. The molecule has 0 amide bonds. The van der Waals surface area contributed by atoms with Gasteiger partial charge in [0.05, 0.1) is 0 Å². The van der Waals surface area contributed by atoms with E-state index in [0.29, 0.717) is 5.41 Å². The van der Waals surface area contributed by atoms with Crippen molar-refractivity contribution in [3.63, 3.8) is 0 Å². The second kappa shape index (κ2) is 3.22. The van der Waals surface area contributed by atoms with Gasteiger partial charge in [-0.1, -0.05) is 0 Å². The Bertz CT molecular complexity index is 536. The number of nitrogens with one attached hydrogen (secondary N) is 2. The zero-order valence-corrected chi connectivity index (χ0v) is 9.68. The Morgan fingerprint density at radius 3 is 3.12 bits per heavy atom. The van der Waals surface area contributed by atoms with Crippen LogP contribution in [0.1, 0.15) is 12.0 Å². The van der Waals surface area contributed by atoms with Crippen molar-refractivity contribution < 1.29 is 0 Å². The molecule has 0 radical (unpaired) electrons. The summed E-state index contributed by atoms with van der Waals surface area (Å²) < 4.78 is 0. The van der Waals surface area contributed by atoms with Crippen molar-refractivity contribution in [1.29, 1.82) is 0 Å². The van der Waals surface area contributed by atoms with Crippen molar-refractivity contribution in [3.8, 4) is 0 Å². The molecule has 1 saturated heterocycles. The van der Waals surface area contributed by atoms with Gasteiger partial charge in [0.2, 0.25) is 0 Å². The molecule has 2 unspecified atom stereocenters. The van der Waals surface area contributed by atoms with Gasteiger partial charge in [-0.25, -0.2) is 4.98 Å². The highest BCUT2D eigenvalue weighted by atomic mass is 35.5. The van der Waals surface area contributed by atoms with Crippen molar-refractivity contribution in [2.24, 2.45) is 5.92 Å². The van der Waals surface area contributed by atoms with Crippen molar-refractivity contribution in [1.82, 2.24) is 15.3 Å². The van der Waals surface area contributed by atoms with Crippen LogP contribution in [0.3, 0.4) is 0 Å². The number of aromatic amines is 1. The van der Waals surface area contributed by atoms with Gasteiger partial charge in [-0.3, -0.25) is 0 Å². The SMILES string of the molecule is Cl.c1cnc2[nH]cc(C34CNCC3C4)c2c1. The van der Waals surface area contributed by atoms with Gasteiger partial charge < -0.3 is 10.3 Å². The van der Waals surface area contributed by atoms with Gasteiger partial charge in [-0.15, -0.1) is 12.4 Å². The van der Waals surface area contributed by atoms with Crippen LogP contribution in [-0.2, 0) is 5.41 Å². The number of aromatic nitrogens is 2. The molecule has 1 aliphatic carbocycles. The maximum absolute atomic E-state index is 4.35. The Labute approximate surface area is 100 Å². The lowest BCUT2D eigenvalue weighted by Gasteiger charge is -2.09. The standard InChI is InChI=1S/C12H13N3.ClH/c1-2-9-10(6-15-11(9)14-3-1)12-4-8(12)5-13-7-12;/h1-3,6,8,13H,4-5,7H2,(H,14,15);1H. The summed E-state index contributed by atoms with van der Waals surface area (Å²) in [7, 11) is 0. The van der Waals surface area contributed by atoms with Crippen LogP contribution < -0.4 is 5.32 Å². The Balaban J connectivity index is 0.000000810. The minimum absolute atomic E-state index is 0. The average molecular weight is 236 g/mol. The number of hydrogen-bond acceptors (Lipinski definition) is 2. The minimum atomic E-state index is 0. The number of pyridine rings is 1. The number of rotatable bonds is 1. The number of hydrogen-bond donors (Lipinski definition) is 2. The third-order valence-corrected chi connectivity index (χ3v) is 4.05. The first kappa shape index (κ1) is 10.1. The van der Waals surface area contributed by atoms with Crippen molar-refractivity contribution in [2.75, 3.05) is 13.1 Å². The van der Waals surface area contributed by atoms with Crippen LogP contribution in [0.5, 0.6) is 0 Å². The molecule has 2 aromatic rings. The summed E-state index contributed by atoms with van der Waals surface area (Å²) in [6.45, 7) is 2.33. The Kier molecular flexibility index (Phi) is 2.03. The molecule has 2 fully saturated rings. The number of halogens is 1. The molecule has 84 valence electrons. The van der Waals surface area contributed by atoms with Crippen LogP contribution in [0.15, 0.2) is 24.5 Å². The topological polar surface area (TPSA) is 40.7 Å². The fourth-order valence-electron chi connectivity index (χ4n) is 3.13. The third kappa shape index (κ3) is 1.10. The predicted octanol–water partition coefficient (Wildman–Crippen LogP) is 1.85. The maximum Gasteiger partial charge on any atom is 0.137 e. The highest BCUT2D eigenvalue weighted by Crippen LogP contribution is 2.57. The molecule has 16 heavy (non-hydrogen) atoms. The van der Waals surface area contributed by atoms with Crippen molar-refractivity contribution in [3.05, 3.63) is 30.1 Å². The van der Waals surface area contributed by atoms with Crippen molar-refractivity contribution >= 4 is 23.4 Å². The van der Waals surface area contributed by atoms with Gasteiger partial charge in [-0.05, 0) is 36.6 Å². The summed E-state index contributed by atoms with van der Waals surface area (Å²) in [5, 5.41) is 4.79. The van der Waals surface area contributed by atoms with E-state index in [1.165, 1.54) is 23.9 Å². The lowest BCUT2D eigenvalue weighted by atomic mass is 9.95. The fourth-order valence-corrected chi connectivity index (χ4v) is 3.13. The van der Waals surface area contributed by atoms with E-state index < -0.39 is 0 Å². The summed E-state index contributed by atoms with van der Waals surface area (Å²) in [4.78, 5) is 7.62. The molecular formula is C12H14ClN3. The number of H-pyrrole nitrogens is 1. The third-order valence-electron chi connectivity index (χ3n) is 4.05.